The number of likely N-dealkylation sites (tertiary alicyclic amines) is 1. The molecule has 1 aliphatic carbocycles. The lowest BCUT2D eigenvalue weighted by atomic mass is 9.99. The van der Waals surface area contributed by atoms with Crippen LogP contribution in [0.5, 0.6) is 0 Å². The smallest absolute Gasteiger partial charge is 0.317 e. The van der Waals surface area contributed by atoms with Crippen LogP contribution in [0.25, 0.3) is 0 Å². The minimum absolute atomic E-state index is 0.0436. The van der Waals surface area contributed by atoms with Gasteiger partial charge < -0.3 is 20.1 Å². The third-order valence-corrected chi connectivity index (χ3v) is 4.30. The van der Waals surface area contributed by atoms with Crippen molar-refractivity contribution in [3.05, 3.63) is 0 Å². The molecule has 0 aromatic rings. The highest BCUT2D eigenvalue weighted by Gasteiger charge is 2.40. The molecule has 2 fully saturated rings. The summed E-state index contributed by atoms with van der Waals surface area (Å²) in [6.07, 6.45) is 1.86. The predicted octanol–water partition coefficient (Wildman–Crippen LogP) is 0.690. The molecule has 1 aliphatic heterocycles. The van der Waals surface area contributed by atoms with Crippen LogP contribution in [0.2, 0.25) is 0 Å². The Hall–Kier alpha value is -1.79. The molecule has 0 aromatic carbocycles. The Labute approximate surface area is 123 Å². The minimum Gasteiger partial charge on any atom is -0.481 e. The first-order valence-corrected chi connectivity index (χ1v) is 7.27. The number of aliphatic carboxylic acids is 1. The molecule has 3 atom stereocenters. The molecule has 1 saturated heterocycles. The van der Waals surface area contributed by atoms with Crippen molar-refractivity contribution in [2.75, 3.05) is 20.2 Å². The maximum absolute atomic E-state index is 12.2. The third kappa shape index (κ3) is 3.86. The van der Waals surface area contributed by atoms with Crippen LogP contribution in [0.3, 0.4) is 0 Å². The molecule has 1 saturated carbocycles. The quantitative estimate of drug-likeness (QED) is 0.728. The van der Waals surface area contributed by atoms with E-state index in [0.717, 1.165) is 12.8 Å². The summed E-state index contributed by atoms with van der Waals surface area (Å²) in [4.78, 5) is 36.3. The van der Waals surface area contributed by atoms with E-state index in [2.05, 4.69) is 5.32 Å². The highest BCUT2D eigenvalue weighted by molar-refractivity contribution is 5.79. The first-order valence-electron chi connectivity index (χ1n) is 7.27. The highest BCUT2D eigenvalue weighted by atomic mass is 16.5. The molecule has 7 heteroatoms. The number of hydrogen-bond donors (Lipinski definition) is 2. The van der Waals surface area contributed by atoms with Crippen LogP contribution in [0, 0.1) is 17.8 Å². The van der Waals surface area contributed by atoms with Gasteiger partial charge in [-0.1, -0.05) is 6.92 Å². The van der Waals surface area contributed by atoms with Gasteiger partial charge in [-0.05, 0) is 24.7 Å². The van der Waals surface area contributed by atoms with Gasteiger partial charge in [0.2, 0.25) is 0 Å². The van der Waals surface area contributed by atoms with Crippen molar-refractivity contribution in [1.82, 2.24) is 10.2 Å². The average Bonchev–Trinajstić information content (AvgIpc) is 3.19. The van der Waals surface area contributed by atoms with Crippen LogP contribution in [0.15, 0.2) is 0 Å². The summed E-state index contributed by atoms with van der Waals surface area (Å²) in [5.41, 5.74) is 0. The monoisotopic (exact) mass is 298 g/mol. The van der Waals surface area contributed by atoms with Crippen LogP contribution in [-0.2, 0) is 14.3 Å². The normalized spacial score (nSPS) is 26.3. The Morgan fingerprint density at radius 1 is 1.33 bits per heavy atom. The number of urea groups is 1. The van der Waals surface area contributed by atoms with Gasteiger partial charge in [-0.3, -0.25) is 9.59 Å². The summed E-state index contributed by atoms with van der Waals surface area (Å²) < 4.78 is 4.74. The summed E-state index contributed by atoms with van der Waals surface area (Å²) in [6.45, 7) is 2.71. The minimum atomic E-state index is -0.908. The van der Waals surface area contributed by atoms with E-state index in [1.807, 2.05) is 6.92 Å². The molecule has 1 heterocycles. The van der Waals surface area contributed by atoms with Crippen LogP contribution in [0.1, 0.15) is 26.2 Å². The number of esters is 1. The van der Waals surface area contributed by atoms with E-state index < -0.39 is 5.97 Å². The molecular formula is C14H22N2O5. The van der Waals surface area contributed by atoms with E-state index in [9.17, 15) is 14.4 Å². The second-order valence-corrected chi connectivity index (χ2v) is 6.00. The lowest BCUT2D eigenvalue weighted by molar-refractivity contribution is -0.146. The van der Waals surface area contributed by atoms with E-state index in [4.69, 9.17) is 9.84 Å². The molecule has 21 heavy (non-hydrogen) atoms. The molecule has 0 radical (unpaired) electrons. The van der Waals surface area contributed by atoms with Gasteiger partial charge in [0.25, 0.3) is 0 Å². The van der Waals surface area contributed by atoms with E-state index in [1.165, 1.54) is 7.11 Å². The summed E-state index contributed by atoms with van der Waals surface area (Å²) in [5, 5.41) is 11.7. The summed E-state index contributed by atoms with van der Waals surface area (Å²) in [5.74, 6) is -1.21. The Kier molecular flexibility index (Phi) is 4.69. The largest absolute Gasteiger partial charge is 0.481 e. The van der Waals surface area contributed by atoms with Gasteiger partial charge in [0.15, 0.2) is 0 Å². The van der Waals surface area contributed by atoms with E-state index >= 15 is 0 Å². The number of carbonyl (C=O) groups is 3. The first kappa shape index (κ1) is 15.6. The number of carbonyl (C=O) groups excluding carboxylic acids is 2. The van der Waals surface area contributed by atoms with Gasteiger partial charge in [0.1, 0.15) is 0 Å². The number of carboxylic acid groups (broad SMARTS) is 1. The van der Waals surface area contributed by atoms with Gasteiger partial charge >= 0.3 is 18.0 Å². The zero-order chi connectivity index (χ0) is 15.6. The molecule has 0 spiro atoms. The maximum Gasteiger partial charge on any atom is 0.317 e. The van der Waals surface area contributed by atoms with Crippen LogP contribution in [-0.4, -0.2) is 54.2 Å². The zero-order valence-corrected chi connectivity index (χ0v) is 12.4. The number of hydrogen-bond acceptors (Lipinski definition) is 4. The molecule has 2 N–H and O–H groups in total. The Bertz CT molecular complexity index is 435. The van der Waals surface area contributed by atoms with E-state index in [0.29, 0.717) is 13.1 Å². The van der Waals surface area contributed by atoms with Crippen molar-refractivity contribution in [3.8, 4) is 0 Å². The van der Waals surface area contributed by atoms with Crippen molar-refractivity contribution >= 4 is 18.0 Å². The number of nitrogens with one attached hydrogen (secondary N) is 1. The van der Waals surface area contributed by atoms with Gasteiger partial charge in [-0.15, -0.1) is 0 Å². The molecule has 118 valence electrons. The van der Waals surface area contributed by atoms with Crippen LogP contribution < -0.4 is 5.32 Å². The summed E-state index contributed by atoms with van der Waals surface area (Å²) in [7, 11) is 1.34. The number of carboxylic acids is 1. The van der Waals surface area contributed by atoms with Gasteiger partial charge in [-0.2, -0.15) is 0 Å². The molecule has 0 bridgehead atoms. The average molecular weight is 298 g/mol. The zero-order valence-electron chi connectivity index (χ0n) is 12.4. The van der Waals surface area contributed by atoms with Crippen molar-refractivity contribution in [3.63, 3.8) is 0 Å². The lowest BCUT2D eigenvalue weighted by Gasteiger charge is -2.22. The number of ether oxygens (including phenoxy) is 1. The molecule has 7 nitrogen and oxygen atoms in total. The second-order valence-electron chi connectivity index (χ2n) is 6.00. The summed E-state index contributed by atoms with van der Waals surface area (Å²) >= 11 is 0. The molecule has 2 amide bonds. The predicted molar refractivity (Wildman–Crippen MR) is 73.5 cm³/mol. The van der Waals surface area contributed by atoms with Crippen molar-refractivity contribution < 1.29 is 24.2 Å². The van der Waals surface area contributed by atoms with Crippen molar-refractivity contribution in [2.45, 2.75) is 32.2 Å². The van der Waals surface area contributed by atoms with Crippen molar-refractivity contribution in [2.24, 2.45) is 17.8 Å². The Morgan fingerprint density at radius 2 is 2.00 bits per heavy atom. The van der Waals surface area contributed by atoms with E-state index in [1.54, 1.807) is 4.90 Å². The van der Waals surface area contributed by atoms with Gasteiger partial charge in [0.05, 0.1) is 19.4 Å². The van der Waals surface area contributed by atoms with Crippen LogP contribution >= 0.6 is 0 Å². The fourth-order valence-electron chi connectivity index (χ4n) is 2.86. The van der Waals surface area contributed by atoms with Crippen molar-refractivity contribution in [1.29, 1.82) is 0 Å². The number of amides is 2. The number of nitrogens with zero attached hydrogens (tertiary/aromatic N) is 1. The highest BCUT2D eigenvalue weighted by Crippen LogP contribution is 2.34. The summed E-state index contributed by atoms with van der Waals surface area (Å²) in [6, 6.07) is -0.603. The SMILES string of the molecule is COC(=O)C1CN(C(=O)NC(CC(=O)O)C2CC2)CC1C. The maximum atomic E-state index is 12.2. The van der Waals surface area contributed by atoms with Gasteiger partial charge in [0, 0.05) is 19.1 Å². The first-order chi connectivity index (χ1) is 9.92. The topological polar surface area (TPSA) is 95.9 Å². The van der Waals surface area contributed by atoms with Crippen LogP contribution in [0.4, 0.5) is 4.79 Å². The lowest BCUT2D eigenvalue weighted by Crippen LogP contribution is -2.46. The molecule has 0 aromatic heterocycles. The molecule has 2 rings (SSSR count). The van der Waals surface area contributed by atoms with E-state index in [-0.39, 0.29) is 42.2 Å². The molecule has 2 aliphatic rings. The molecular weight excluding hydrogens is 276 g/mol. The third-order valence-electron chi connectivity index (χ3n) is 4.30. The standard InChI is InChI=1S/C14H22N2O5/c1-8-6-16(7-10(8)13(19)21-2)14(20)15-11(5-12(17)18)9-3-4-9/h8-11H,3-7H2,1-2H3,(H,15,20)(H,17,18). The Morgan fingerprint density at radius 3 is 2.52 bits per heavy atom. The fraction of sp³-hybridized carbons (Fsp3) is 0.786. The second kappa shape index (κ2) is 6.32. The van der Waals surface area contributed by atoms with Gasteiger partial charge in [-0.25, -0.2) is 4.79 Å². The fourth-order valence-corrected chi connectivity index (χ4v) is 2.86. The molecule has 3 unspecified atom stereocenters. The number of methoxy groups -OCH3 is 1. The number of rotatable bonds is 5. The Balaban J connectivity index is 1.91.